The van der Waals surface area contributed by atoms with Crippen molar-refractivity contribution in [3.8, 4) is 0 Å². The molecule has 1 aliphatic rings. The van der Waals surface area contributed by atoms with E-state index in [1.165, 1.54) is 0 Å². The van der Waals surface area contributed by atoms with Crippen LogP contribution in [0.1, 0.15) is 46.0 Å². The molecule has 0 spiro atoms. The zero-order valence-corrected chi connectivity index (χ0v) is 11.3. The summed E-state index contributed by atoms with van der Waals surface area (Å²) in [5.41, 5.74) is -1.60. The largest absolute Gasteiger partial charge is 0.466 e. The lowest BCUT2D eigenvalue weighted by Gasteiger charge is -2.41. The molecular weight excluding hydrogens is 261 g/mol. The fourth-order valence-corrected chi connectivity index (χ4v) is 2.89. The lowest BCUT2D eigenvalue weighted by atomic mass is 9.70. The number of aliphatic hydroxyl groups is 1. The Kier molecular flexibility index (Phi) is 5.24. The normalized spacial score (nSPS) is 29.9. The molecule has 0 saturated heterocycles. The average molecular weight is 282 g/mol. The number of hydrogen-bond acceptors (Lipinski definition) is 3. The van der Waals surface area contributed by atoms with Crippen LogP contribution in [0.2, 0.25) is 0 Å². The van der Waals surface area contributed by atoms with Gasteiger partial charge in [-0.1, -0.05) is 6.92 Å². The van der Waals surface area contributed by atoms with Crippen LogP contribution >= 0.6 is 0 Å². The number of carbonyl (C=O) groups is 1. The third-order valence-corrected chi connectivity index (χ3v) is 3.85. The lowest BCUT2D eigenvalue weighted by molar-refractivity contribution is -0.210. The van der Waals surface area contributed by atoms with Crippen molar-refractivity contribution in [1.82, 2.24) is 0 Å². The summed E-state index contributed by atoms with van der Waals surface area (Å²) in [4.78, 5) is 11.8. The summed E-state index contributed by atoms with van der Waals surface area (Å²) in [6.07, 6.45) is -3.94. The second-order valence-corrected chi connectivity index (χ2v) is 5.15. The highest BCUT2D eigenvalue weighted by atomic mass is 19.4. The maximum Gasteiger partial charge on any atom is 0.391 e. The van der Waals surface area contributed by atoms with Gasteiger partial charge in [0.1, 0.15) is 0 Å². The fourth-order valence-electron chi connectivity index (χ4n) is 2.89. The Morgan fingerprint density at radius 1 is 1.47 bits per heavy atom. The van der Waals surface area contributed by atoms with Crippen LogP contribution in [0.5, 0.6) is 0 Å². The molecule has 1 saturated carbocycles. The Balaban J connectivity index is 2.85. The van der Waals surface area contributed by atoms with E-state index in [2.05, 4.69) is 0 Å². The molecule has 6 heteroatoms. The van der Waals surface area contributed by atoms with E-state index < -0.39 is 36.0 Å². The zero-order chi connectivity index (χ0) is 14.7. The number of halogens is 3. The monoisotopic (exact) mass is 282 g/mol. The highest BCUT2D eigenvalue weighted by Crippen LogP contribution is 2.45. The highest BCUT2D eigenvalue weighted by Gasteiger charge is 2.51. The number of hydrogen-bond donors (Lipinski definition) is 1. The van der Waals surface area contributed by atoms with Gasteiger partial charge in [0.05, 0.1) is 24.0 Å². The number of alkyl halides is 3. The summed E-state index contributed by atoms with van der Waals surface area (Å²) < 4.78 is 43.2. The molecule has 0 aromatic carbocycles. The molecule has 0 bridgehead atoms. The molecule has 3 nitrogen and oxygen atoms in total. The summed E-state index contributed by atoms with van der Waals surface area (Å²) in [5.74, 6) is -3.01. The molecule has 3 unspecified atom stereocenters. The molecule has 0 aliphatic heterocycles. The Bertz CT molecular complexity index is 317. The first-order chi connectivity index (χ1) is 8.74. The van der Waals surface area contributed by atoms with E-state index in [0.29, 0.717) is 0 Å². The number of rotatable bonds is 4. The van der Waals surface area contributed by atoms with Crippen molar-refractivity contribution in [2.45, 2.75) is 57.7 Å². The first-order valence-electron chi connectivity index (χ1n) is 6.70. The number of carbonyl (C=O) groups excluding carboxylic acids is 1. The molecule has 1 fully saturated rings. The molecule has 19 heavy (non-hydrogen) atoms. The molecule has 0 aromatic rings. The second-order valence-electron chi connectivity index (χ2n) is 5.15. The Labute approximate surface area is 111 Å². The summed E-state index contributed by atoms with van der Waals surface area (Å²) in [6.45, 7) is 3.47. The van der Waals surface area contributed by atoms with Crippen molar-refractivity contribution >= 4 is 5.97 Å². The van der Waals surface area contributed by atoms with Gasteiger partial charge in [-0.2, -0.15) is 13.2 Å². The van der Waals surface area contributed by atoms with Crippen LogP contribution in [0.3, 0.4) is 0 Å². The van der Waals surface area contributed by atoms with Gasteiger partial charge in [0.2, 0.25) is 0 Å². The van der Waals surface area contributed by atoms with Crippen LogP contribution < -0.4 is 0 Å². The summed E-state index contributed by atoms with van der Waals surface area (Å²) in [6, 6.07) is 0. The highest BCUT2D eigenvalue weighted by molar-refractivity contribution is 5.73. The molecule has 0 amide bonds. The topological polar surface area (TPSA) is 46.5 Å². The van der Waals surface area contributed by atoms with Crippen LogP contribution in [-0.4, -0.2) is 29.5 Å². The van der Waals surface area contributed by atoms with Crippen LogP contribution in [0.4, 0.5) is 13.2 Å². The molecule has 3 atom stereocenters. The van der Waals surface area contributed by atoms with Gasteiger partial charge in [-0.25, -0.2) is 0 Å². The number of ether oxygens (including phenoxy) is 1. The first kappa shape index (κ1) is 16.3. The van der Waals surface area contributed by atoms with Crippen molar-refractivity contribution in [3.63, 3.8) is 0 Å². The summed E-state index contributed by atoms with van der Waals surface area (Å²) >= 11 is 0. The second kappa shape index (κ2) is 6.11. The third kappa shape index (κ3) is 3.84. The third-order valence-electron chi connectivity index (χ3n) is 3.85. The quantitative estimate of drug-likeness (QED) is 0.806. The average Bonchev–Trinajstić information content (AvgIpc) is 2.28. The molecule has 0 aromatic heterocycles. The first-order valence-corrected chi connectivity index (χ1v) is 6.70. The lowest BCUT2D eigenvalue weighted by Crippen LogP contribution is -2.48. The van der Waals surface area contributed by atoms with Gasteiger partial charge in [0.25, 0.3) is 0 Å². The van der Waals surface area contributed by atoms with Gasteiger partial charge in [-0.05, 0) is 39.0 Å². The van der Waals surface area contributed by atoms with Gasteiger partial charge < -0.3 is 9.84 Å². The van der Waals surface area contributed by atoms with Crippen LogP contribution in [0.25, 0.3) is 0 Å². The summed E-state index contributed by atoms with van der Waals surface area (Å²) in [7, 11) is 0. The van der Waals surface area contributed by atoms with E-state index in [0.717, 1.165) is 0 Å². The minimum atomic E-state index is -4.32. The Morgan fingerprint density at radius 2 is 2.11 bits per heavy atom. The van der Waals surface area contributed by atoms with E-state index in [9.17, 15) is 23.1 Å². The SMILES string of the molecule is CCOC(=O)C(CC)C1(O)CCCC(C(F)(F)F)C1. The number of esters is 1. The van der Waals surface area contributed by atoms with Crippen molar-refractivity contribution in [2.75, 3.05) is 6.61 Å². The van der Waals surface area contributed by atoms with Crippen LogP contribution in [-0.2, 0) is 9.53 Å². The van der Waals surface area contributed by atoms with Gasteiger partial charge in [0.15, 0.2) is 0 Å². The van der Waals surface area contributed by atoms with Gasteiger partial charge >= 0.3 is 12.1 Å². The van der Waals surface area contributed by atoms with Gasteiger partial charge in [0, 0.05) is 0 Å². The van der Waals surface area contributed by atoms with Crippen LogP contribution in [0.15, 0.2) is 0 Å². The van der Waals surface area contributed by atoms with E-state index in [-0.39, 0.29) is 32.3 Å². The minimum Gasteiger partial charge on any atom is -0.466 e. The smallest absolute Gasteiger partial charge is 0.391 e. The van der Waals surface area contributed by atoms with Crippen molar-refractivity contribution in [1.29, 1.82) is 0 Å². The molecule has 0 radical (unpaired) electrons. The van der Waals surface area contributed by atoms with E-state index in [1.54, 1.807) is 13.8 Å². The maximum absolute atomic E-state index is 12.8. The molecule has 0 heterocycles. The predicted molar refractivity (Wildman–Crippen MR) is 63.4 cm³/mol. The van der Waals surface area contributed by atoms with Crippen molar-refractivity contribution < 1.29 is 27.8 Å². The fraction of sp³-hybridized carbons (Fsp3) is 0.923. The van der Waals surface area contributed by atoms with E-state index in [4.69, 9.17) is 4.74 Å². The molecule has 1 rings (SSSR count). The van der Waals surface area contributed by atoms with E-state index >= 15 is 0 Å². The predicted octanol–water partition coefficient (Wildman–Crippen LogP) is 3.06. The molecule has 1 N–H and O–H groups in total. The molecule has 1 aliphatic carbocycles. The van der Waals surface area contributed by atoms with E-state index in [1.807, 2.05) is 0 Å². The van der Waals surface area contributed by atoms with Gasteiger partial charge in [-0.3, -0.25) is 4.79 Å². The maximum atomic E-state index is 12.8. The Morgan fingerprint density at radius 3 is 2.58 bits per heavy atom. The molecular formula is C13H21F3O3. The molecule has 112 valence electrons. The van der Waals surface area contributed by atoms with Crippen LogP contribution in [0, 0.1) is 11.8 Å². The standard InChI is InChI=1S/C13H21F3O3/c1-3-10(11(17)19-4-2)12(18)7-5-6-9(8-12)13(14,15)16/h9-10,18H,3-8H2,1-2H3. The van der Waals surface area contributed by atoms with Crippen molar-refractivity contribution in [2.24, 2.45) is 11.8 Å². The zero-order valence-electron chi connectivity index (χ0n) is 11.3. The minimum absolute atomic E-state index is 0.0189. The Hall–Kier alpha value is -0.780. The van der Waals surface area contributed by atoms with Crippen molar-refractivity contribution in [3.05, 3.63) is 0 Å². The van der Waals surface area contributed by atoms with Gasteiger partial charge in [-0.15, -0.1) is 0 Å². The summed E-state index contributed by atoms with van der Waals surface area (Å²) in [5, 5.41) is 10.5.